The zero-order valence-electron chi connectivity index (χ0n) is 19.0. The van der Waals surface area contributed by atoms with E-state index in [2.05, 4.69) is 10.2 Å². The van der Waals surface area contributed by atoms with Gasteiger partial charge in [0.2, 0.25) is 0 Å². The fourth-order valence-electron chi connectivity index (χ4n) is 3.98. The predicted molar refractivity (Wildman–Crippen MR) is 122 cm³/mol. The maximum absolute atomic E-state index is 13.8. The van der Waals surface area contributed by atoms with E-state index in [1.807, 2.05) is 19.9 Å². The van der Waals surface area contributed by atoms with Crippen LogP contribution in [-0.4, -0.2) is 44.6 Å². The first-order chi connectivity index (χ1) is 15.8. The van der Waals surface area contributed by atoms with Crippen LogP contribution in [0.15, 0.2) is 48.8 Å². The van der Waals surface area contributed by atoms with Gasteiger partial charge in [-0.1, -0.05) is 12.1 Å². The van der Waals surface area contributed by atoms with Gasteiger partial charge in [0, 0.05) is 41.4 Å². The number of ether oxygens (including phenoxy) is 1. The van der Waals surface area contributed by atoms with Crippen LogP contribution in [-0.2, 0) is 6.54 Å². The number of fused-ring (bicyclic) bond motifs is 1. The SMILES string of the molecule is CCOc1c(-c2cccc(F)c2)ccc(C(=O)N(C)Cc2cn(O)c(C)c3cnnc2-3)c1C. The molecule has 2 heterocycles. The second-order valence-corrected chi connectivity index (χ2v) is 7.91. The smallest absolute Gasteiger partial charge is 0.254 e. The van der Waals surface area contributed by atoms with Gasteiger partial charge < -0.3 is 14.8 Å². The number of halogens is 1. The topological polar surface area (TPSA) is 80.5 Å². The van der Waals surface area contributed by atoms with E-state index in [1.165, 1.54) is 12.1 Å². The minimum atomic E-state index is -0.339. The molecule has 8 heteroatoms. The zero-order chi connectivity index (χ0) is 23.7. The highest BCUT2D eigenvalue weighted by Gasteiger charge is 2.23. The Morgan fingerprint density at radius 2 is 2.00 bits per heavy atom. The summed E-state index contributed by atoms with van der Waals surface area (Å²) < 4.78 is 20.7. The van der Waals surface area contributed by atoms with Gasteiger partial charge in [0.05, 0.1) is 24.7 Å². The van der Waals surface area contributed by atoms with Crippen molar-refractivity contribution in [3.8, 4) is 28.1 Å². The van der Waals surface area contributed by atoms with Crippen molar-refractivity contribution in [3.05, 3.63) is 77.0 Å². The Labute approximate surface area is 191 Å². The molecular weight excluding hydrogens is 423 g/mol. The van der Waals surface area contributed by atoms with Gasteiger partial charge in [-0.2, -0.15) is 9.83 Å². The lowest BCUT2D eigenvalue weighted by molar-refractivity contribution is 0.0782. The van der Waals surface area contributed by atoms with E-state index in [-0.39, 0.29) is 18.3 Å². The Morgan fingerprint density at radius 3 is 2.73 bits per heavy atom. The first kappa shape index (κ1) is 22.3. The molecule has 0 aromatic heterocycles. The fraction of sp³-hybridized carbons (Fsp3) is 0.240. The van der Waals surface area contributed by atoms with Crippen molar-refractivity contribution in [1.82, 2.24) is 19.8 Å². The summed E-state index contributed by atoms with van der Waals surface area (Å²) in [6.45, 7) is 6.09. The average molecular weight is 448 g/mol. The van der Waals surface area contributed by atoms with Gasteiger partial charge in [0.25, 0.3) is 5.91 Å². The van der Waals surface area contributed by atoms with Gasteiger partial charge in [-0.05, 0) is 50.6 Å². The Balaban J connectivity index is 1.68. The van der Waals surface area contributed by atoms with Gasteiger partial charge in [0.15, 0.2) is 0 Å². The van der Waals surface area contributed by atoms with Gasteiger partial charge >= 0.3 is 0 Å². The van der Waals surface area contributed by atoms with E-state index < -0.39 is 0 Å². The monoisotopic (exact) mass is 448 g/mol. The van der Waals surface area contributed by atoms with Crippen molar-refractivity contribution >= 4 is 5.91 Å². The first-order valence-electron chi connectivity index (χ1n) is 10.6. The van der Waals surface area contributed by atoms with Gasteiger partial charge in [-0.25, -0.2) is 4.39 Å². The molecule has 0 atom stereocenters. The molecule has 2 aliphatic heterocycles. The van der Waals surface area contributed by atoms with Crippen molar-refractivity contribution in [2.45, 2.75) is 27.3 Å². The van der Waals surface area contributed by atoms with E-state index in [4.69, 9.17) is 4.74 Å². The van der Waals surface area contributed by atoms with Crippen LogP contribution in [0, 0.1) is 19.7 Å². The number of hydrogen-bond acceptors (Lipinski definition) is 5. The highest BCUT2D eigenvalue weighted by atomic mass is 19.1. The summed E-state index contributed by atoms with van der Waals surface area (Å²) in [4.78, 5) is 14.9. The van der Waals surface area contributed by atoms with Crippen LogP contribution in [0.3, 0.4) is 0 Å². The molecule has 4 rings (SSSR count). The molecule has 0 spiro atoms. The molecule has 2 aromatic carbocycles. The molecule has 2 aliphatic rings. The number of amides is 1. The van der Waals surface area contributed by atoms with E-state index in [1.54, 1.807) is 49.5 Å². The summed E-state index contributed by atoms with van der Waals surface area (Å²) in [6, 6.07) is 9.79. The second kappa shape index (κ2) is 8.90. The summed E-state index contributed by atoms with van der Waals surface area (Å²) in [6.07, 6.45) is 3.13. The number of aromatic nitrogens is 3. The Morgan fingerprint density at radius 1 is 1.21 bits per heavy atom. The largest absolute Gasteiger partial charge is 0.493 e. The predicted octanol–water partition coefficient (Wildman–Crippen LogP) is 4.71. The lowest BCUT2D eigenvalue weighted by Gasteiger charge is -2.22. The molecule has 1 N–H and O–H groups in total. The third kappa shape index (κ3) is 4.11. The Hall–Kier alpha value is -3.94. The fourth-order valence-corrected chi connectivity index (χ4v) is 3.98. The number of carbonyl (C=O) groups excluding carboxylic acids is 1. The number of benzene rings is 2. The minimum absolute atomic E-state index is 0.211. The van der Waals surface area contributed by atoms with Crippen molar-refractivity contribution in [3.63, 3.8) is 0 Å². The molecule has 1 amide bonds. The molecule has 0 saturated heterocycles. The molecule has 0 aliphatic carbocycles. The number of hydrogen-bond donors (Lipinski definition) is 1. The van der Waals surface area contributed by atoms with E-state index in [9.17, 15) is 14.4 Å². The summed E-state index contributed by atoms with van der Waals surface area (Å²) in [5.41, 5.74) is 5.23. The van der Waals surface area contributed by atoms with E-state index >= 15 is 0 Å². The lowest BCUT2D eigenvalue weighted by atomic mass is 9.97. The van der Waals surface area contributed by atoms with Gasteiger partial charge in [-0.3, -0.25) is 4.79 Å². The Kier molecular flexibility index (Phi) is 6.00. The third-order valence-corrected chi connectivity index (χ3v) is 5.73. The number of pyridine rings is 1. The molecule has 2 aromatic rings. The van der Waals surface area contributed by atoms with Crippen molar-refractivity contribution in [1.29, 1.82) is 0 Å². The van der Waals surface area contributed by atoms with Crippen LogP contribution in [0.2, 0.25) is 0 Å². The standard InChI is InChI=1S/C25H25FN4O3/c1-5-33-24-15(2)20(9-10-21(24)17-7-6-8-19(26)11-17)25(31)29(4)13-18-14-30(32)16(3)22-12-27-28-23(18)22/h6-12,14,32H,5,13H2,1-4H3. The first-order valence-corrected chi connectivity index (χ1v) is 10.6. The summed E-state index contributed by atoms with van der Waals surface area (Å²) in [7, 11) is 1.69. The van der Waals surface area contributed by atoms with Crippen LogP contribution in [0.25, 0.3) is 22.4 Å². The molecule has 0 unspecified atom stereocenters. The van der Waals surface area contributed by atoms with E-state index in [0.29, 0.717) is 46.0 Å². The maximum Gasteiger partial charge on any atom is 0.254 e. The summed E-state index contributed by atoms with van der Waals surface area (Å²) in [5.74, 6) is 0.000729. The number of rotatable bonds is 6. The van der Waals surface area contributed by atoms with Crippen molar-refractivity contribution in [2.75, 3.05) is 13.7 Å². The molecule has 0 radical (unpaired) electrons. The number of nitrogens with zero attached hydrogens (tertiary/aromatic N) is 4. The number of carbonyl (C=O) groups is 1. The molecular formula is C25H25FN4O3. The maximum atomic E-state index is 13.8. The minimum Gasteiger partial charge on any atom is -0.493 e. The zero-order valence-corrected chi connectivity index (χ0v) is 19.0. The molecule has 0 fully saturated rings. The Bertz CT molecular complexity index is 1300. The molecule has 0 saturated carbocycles. The molecule has 7 nitrogen and oxygen atoms in total. The van der Waals surface area contributed by atoms with Crippen LogP contribution >= 0.6 is 0 Å². The lowest BCUT2D eigenvalue weighted by Crippen LogP contribution is -2.28. The van der Waals surface area contributed by atoms with Crippen molar-refractivity contribution < 1.29 is 19.1 Å². The van der Waals surface area contributed by atoms with Crippen LogP contribution < -0.4 is 4.74 Å². The van der Waals surface area contributed by atoms with Gasteiger partial charge in [0.1, 0.15) is 17.3 Å². The molecule has 0 bridgehead atoms. The third-order valence-electron chi connectivity index (χ3n) is 5.73. The molecule has 33 heavy (non-hydrogen) atoms. The normalized spacial score (nSPS) is 11.1. The highest BCUT2D eigenvalue weighted by molar-refractivity contribution is 5.97. The highest BCUT2D eigenvalue weighted by Crippen LogP contribution is 2.36. The molecule has 170 valence electrons. The van der Waals surface area contributed by atoms with Gasteiger partial charge in [-0.15, -0.1) is 5.10 Å². The van der Waals surface area contributed by atoms with Crippen LogP contribution in [0.1, 0.15) is 34.1 Å². The van der Waals surface area contributed by atoms with Crippen molar-refractivity contribution in [2.24, 2.45) is 0 Å². The second-order valence-electron chi connectivity index (χ2n) is 7.91. The average Bonchev–Trinajstić information content (AvgIpc) is 3.29. The summed E-state index contributed by atoms with van der Waals surface area (Å²) in [5, 5.41) is 18.3. The van der Waals surface area contributed by atoms with Crippen LogP contribution in [0.5, 0.6) is 5.75 Å². The van der Waals surface area contributed by atoms with E-state index in [0.717, 1.165) is 15.9 Å². The van der Waals surface area contributed by atoms with Crippen LogP contribution in [0.4, 0.5) is 4.39 Å². The quantitative estimate of drug-likeness (QED) is 0.432. The summed E-state index contributed by atoms with van der Waals surface area (Å²) >= 11 is 0.